The molecule has 0 bridgehead atoms. The molecule has 0 saturated carbocycles. The van der Waals surface area contributed by atoms with Crippen molar-refractivity contribution in [3.8, 4) is 0 Å². The van der Waals surface area contributed by atoms with Gasteiger partial charge in [0.25, 0.3) is 5.91 Å². The number of rotatable bonds is 5. The largest absolute Gasteiger partial charge is 0.350 e. The lowest BCUT2D eigenvalue weighted by molar-refractivity contribution is 0.0917. The summed E-state index contributed by atoms with van der Waals surface area (Å²) in [5.41, 5.74) is 0.483. The zero-order valence-corrected chi connectivity index (χ0v) is 14.9. The second-order valence-corrected chi connectivity index (χ2v) is 8.61. The van der Waals surface area contributed by atoms with E-state index in [4.69, 9.17) is 0 Å². The third-order valence-corrected chi connectivity index (χ3v) is 5.54. The highest BCUT2D eigenvalue weighted by molar-refractivity contribution is 7.90. The summed E-state index contributed by atoms with van der Waals surface area (Å²) in [6.07, 6.45) is 3.65. The molecule has 1 aliphatic heterocycles. The predicted molar refractivity (Wildman–Crippen MR) is 91.3 cm³/mol. The van der Waals surface area contributed by atoms with Gasteiger partial charge in [-0.05, 0) is 56.5 Å². The molecular weight excluding hydrogens is 312 g/mol. The van der Waals surface area contributed by atoms with Gasteiger partial charge >= 0.3 is 0 Å². The lowest BCUT2D eigenvalue weighted by Crippen LogP contribution is -2.46. The van der Waals surface area contributed by atoms with Crippen molar-refractivity contribution in [3.63, 3.8) is 0 Å². The van der Waals surface area contributed by atoms with Crippen molar-refractivity contribution in [1.82, 2.24) is 10.2 Å². The first-order valence-corrected chi connectivity index (χ1v) is 9.99. The van der Waals surface area contributed by atoms with Crippen LogP contribution < -0.4 is 5.32 Å². The number of carbonyl (C=O) groups is 1. The van der Waals surface area contributed by atoms with Crippen LogP contribution >= 0.6 is 0 Å². The third-order valence-electron chi connectivity index (χ3n) is 4.41. The molecule has 0 spiro atoms. The van der Waals surface area contributed by atoms with E-state index in [0.29, 0.717) is 24.1 Å². The quantitative estimate of drug-likeness (QED) is 0.891. The minimum Gasteiger partial charge on any atom is -0.350 e. The van der Waals surface area contributed by atoms with Gasteiger partial charge in [0.1, 0.15) is 0 Å². The molecule has 1 amide bonds. The first-order valence-electron chi connectivity index (χ1n) is 8.09. The lowest BCUT2D eigenvalue weighted by atomic mass is 9.99. The number of piperidine rings is 1. The molecule has 1 fully saturated rings. The van der Waals surface area contributed by atoms with Gasteiger partial charge in [0, 0.05) is 31.0 Å². The number of nitrogens with zero attached hydrogens (tertiary/aromatic N) is 1. The van der Waals surface area contributed by atoms with Crippen molar-refractivity contribution >= 4 is 15.7 Å². The Bertz CT molecular complexity index is 640. The van der Waals surface area contributed by atoms with Crippen molar-refractivity contribution < 1.29 is 13.2 Å². The standard InChI is InChI=1S/C17H26N2O3S/c1-13-5-4-10-19(12-13)14(2)11-18-17(20)15-6-8-16(9-7-15)23(3,21)22/h6-9,13-14H,4-5,10-12H2,1-3H3,(H,18,20)/t13-,14+/m0/s1. The minimum absolute atomic E-state index is 0.165. The van der Waals surface area contributed by atoms with Gasteiger partial charge in [-0.15, -0.1) is 0 Å². The molecule has 2 atom stereocenters. The average molecular weight is 338 g/mol. The van der Waals surface area contributed by atoms with Crippen LogP contribution in [0.1, 0.15) is 37.0 Å². The molecule has 1 aromatic rings. The highest BCUT2D eigenvalue weighted by atomic mass is 32.2. The van der Waals surface area contributed by atoms with E-state index in [0.717, 1.165) is 19.3 Å². The van der Waals surface area contributed by atoms with Crippen molar-refractivity contribution in [3.05, 3.63) is 29.8 Å². The maximum atomic E-state index is 12.2. The Morgan fingerprint density at radius 3 is 2.57 bits per heavy atom. The van der Waals surface area contributed by atoms with E-state index in [1.807, 2.05) is 0 Å². The van der Waals surface area contributed by atoms with Gasteiger partial charge in [-0.1, -0.05) is 6.92 Å². The zero-order valence-electron chi connectivity index (χ0n) is 14.1. The summed E-state index contributed by atoms with van der Waals surface area (Å²) in [6, 6.07) is 6.36. The average Bonchev–Trinajstić information content (AvgIpc) is 2.51. The molecule has 6 heteroatoms. The maximum Gasteiger partial charge on any atom is 0.251 e. The molecule has 2 rings (SSSR count). The fourth-order valence-electron chi connectivity index (χ4n) is 2.95. The number of amides is 1. The van der Waals surface area contributed by atoms with Crippen molar-refractivity contribution in [1.29, 1.82) is 0 Å². The van der Waals surface area contributed by atoms with Crippen molar-refractivity contribution in [2.24, 2.45) is 5.92 Å². The minimum atomic E-state index is -3.23. The Balaban J connectivity index is 1.89. The van der Waals surface area contributed by atoms with Crippen LogP contribution in [0, 0.1) is 5.92 Å². The highest BCUT2D eigenvalue weighted by Crippen LogP contribution is 2.17. The molecule has 0 unspecified atom stereocenters. The van der Waals surface area contributed by atoms with Crippen molar-refractivity contribution in [2.75, 3.05) is 25.9 Å². The summed E-state index contributed by atoms with van der Waals surface area (Å²) < 4.78 is 22.8. The fraction of sp³-hybridized carbons (Fsp3) is 0.588. The fourth-order valence-corrected chi connectivity index (χ4v) is 3.58. The summed E-state index contributed by atoms with van der Waals surface area (Å²) in [6.45, 7) is 7.16. The number of benzene rings is 1. The summed E-state index contributed by atoms with van der Waals surface area (Å²) in [5.74, 6) is 0.549. The summed E-state index contributed by atoms with van der Waals surface area (Å²) in [7, 11) is -3.23. The first-order chi connectivity index (χ1) is 10.8. The number of sulfone groups is 1. The maximum absolute atomic E-state index is 12.2. The Morgan fingerprint density at radius 2 is 2.00 bits per heavy atom. The number of likely N-dealkylation sites (tertiary alicyclic amines) is 1. The Labute approximate surface area is 139 Å². The van der Waals surface area contributed by atoms with E-state index in [1.165, 1.54) is 25.0 Å². The normalized spacial score (nSPS) is 20.9. The summed E-state index contributed by atoms with van der Waals surface area (Å²) >= 11 is 0. The molecule has 5 nitrogen and oxygen atoms in total. The molecule has 0 aromatic heterocycles. The number of hydrogen-bond donors (Lipinski definition) is 1. The zero-order chi connectivity index (χ0) is 17.0. The highest BCUT2D eigenvalue weighted by Gasteiger charge is 2.21. The van der Waals surface area contributed by atoms with Crippen LogP contribution in [0.2, 0.25) is 0 Å². The van der Waals surface area contributed by atoms with Gasteiger partial charge in [0.2, 0.25) is 0 Å². The first kappa shape index (κ1) is 17.9. The van der Waals surface area contributed by atoms with E-state index in [2.05, 4.69) is 24.1 Å². The molecule has 1 heterocycles. The van der Waals surface area contributed by atoms with E-state index >= 15 is 0 Å². The Kier molecular flexibility index (Phi) is 5.81. The molecule has 1 aliphatic rings. The van der Waals surface area contributed by atoms with Crippen LogP contribution in [0.3, 0.4) is 0 Å². The van der Waals surface area contributed by atoms with Gasteiger partial charge < -0.3 is 5.32 Å². The van der Waals surface area contributed by atoms with Crippen LogP contribution in [-0.2, 0) is 9.84 Å². The number of carbonyl (C=O) groups excluding carboxylic acids is 1. The second kappa shape index (κ2) is 7.45. The molecule has 23 heavy (non-hydrogen) atoms. The lowest BCUT2D eigenvalue weighted by Gasteiger charge is -2.35. The molecule has 1 aromatic carbocycles. The van der Waals surface area contributed by atoms with Gasteiger partial charge in [-0.25, -0.2) is 8.42 Å². The molecule has 1 saturated heterocycles. The monoisotopic (exact) mass is 338 g/mol. The van der Waals surface area contributed by atoms with Crippen LogP contribution in [-0.4, -0.2) is 51.2 Å². The Hall–Kier alpha value is -1.40. The molecular formula is C17H26N2O3S. The van der Waals surface area contributed by atoms with Gasteiger partial charge in [0.05, 0.1) is 4.90 Å². The number of hydrogen-bond acceptors (Lipinski definition) is 4. The van der Waals surface area contributed by atoms with Crippen LogP contribution in [0.5, 0.6) is 0 Å². The summed E-state index contributed by atoms with van der Waals surface area (Å²) in [4.78, 5) is 14.8. The van der Waals surface area contributed by atoms with E-state index in [-0.39, 0.29) is 10.8 Å². The van der Waals surface area contributed by atoms with E-state index < -0.39 is 9.84 Å². The smallest absolute Gasteiger partial charge is 0.251 e. The van der Waals surface area contributed by atoms with E-state index in [1.54, 1.807) is 12.1 Å². The SMILES string of the molecule is C[C@H]1CCCN([C@H](C)CNC(=O)c2ccc(S(C)(=O)=O)cc2)C1. The molecule has 0 radical (unpaired) electrons. The van der Waals surface area contributed by atoms with E-state index in [9.17, 15) is 13.2 Å². The topological polar surface area (TPSA) is 66.5 Å². The van der Waals surface area contributed by atoms with Gasteiger partial charge in [0.15, 0.2) is 9.84 Å². The van der Waals surface area contributed by atoms with Crippen LogP contribution in [0.15, 0.2) is 29.2 Å². The second-order valence-electron chi connectivity index (χ2n) is 6.60. The molecule has 1 N–H and O–H groups in total. The predicted octanol–water partition coefficient (Wildman–Crippen LogP) is 1.94. The number of nitrogens with one attached hydrogen (secondary N) is 1. The molecule has 128 valence electrons. The van der Waals surface area contributed by atoms with Gasteiger partial charge in [-0.3, -0.25) is 9.69 Å². The van der Waals surface area contributed by atoms with Gasteiger partial charge in [-0.2, -0.15) is 0 Å². The Morgan fingerprint density at radius 1 is 1.35 bits per heavy atom. The summed E-state index contributed by atoms with van der Waals surface area (Å²) in [5, 5.41) is 2.94. The third kappa shape index (κ3) is 5.04. The van der Waals surface area contributed by atoms with Crippen molar-refractivity contribution in [2.45, 2.75) is 37.6 Å². The van der Waals surface area contributed by atoms with Crippen LogP contribution in [0.25, 0.3) is 0 Å². The molecule has 0 aliphatic carbocycles. The van der Waals surface area contributed by atoms with Crippen LogP contribution in [0.4, 0.5) is 0 Å².